The number of rotatable bonds is 3. The Bertz CT molecular complexity index is 712. The van der Waals surface area contributed by atoms with Crippen molar-refractivity contribution >= 4 is 23.5 Å². The third kappa shape index (κ3) is 3.75. The Morgan fingerprint density at radius 2 is 1.96 bits per heavy atom. The van der Waals surface area contributed by atoms with E-state index in [9.17, 15) is 4.79 Å². The van der Waals surface area contributed by atoms with Gasteiger partial charge >= 0.3 is 6.03 Å². The number of hydrogen-bond donors (Lipinski definition) is 1. The topological polar surface area (TPSA) is 32.3 Å². The van der Waals surface area contributed by atoms with Crippen molar-refractivity contribution in [2.75, 3.05) is 17.6 Å². The van der Waals surface area contributed by atoms with E-state index in [1.807, 2.05) is 47.9 Å². The molecule has 0 saturated carbocycles. The van der Waals surface area contributed by atoms with E-state index >= 15 is 0 Å². The van der Waals surface area contributed by atoms with Gasteiger partial charge in [0.25, 0.3) is 0 Å². The molecule has 0 bridgehead atoms. The number of amides is 2. The lowest BCUT2D eigenvalue weighted by Gasteiger charge is -2.25. The van der Waals surface area contributed by atoms with Crippen LogP contribution < -0.4 is 5.32 Å². The van der Waals surface area contributed by atoms with E-state index in [0.29, 0.717) is 5.92 Å². The van der Waals surface area contributed by atoms with Gasteiger partial charge in [0, 0.05) is 18.0 Å². The number of nitrogens with one attached hydrogen (secondary N) is 1. The molecule has 3 rings (SSSR count). The second kappa shape index (κ2) is 7.31. The van der Waals surface area contributed by atoms with E-state index in [-0.39, 0.29) is 11.4 Å². The van der Waals surface area contributed by atoms with E-state index in [0.717, 1.165) is 23.5 Å². The molecule has 0 aliphatic carbocycles. The van der Waals surface area contributed by atoms with Crippen LogP contribution >= 0.6 is 11.8 Å². The lowest BCUT2D eigenvalue weighted by Crippen LogP contribution is -2.34. The maximum absolute atomic E-state index is 12.7. The van der Waals surface area contributed by atoms with E-state index in [1.54, 1.807) is 0 Å². The van der Waals surface area contributed by atoms with Crippen molar-refractivity contribution in [3.63, 3.8) is 0 Å². The summed E-state index contributed by atoms with van der Waals surface area (Å²) in [6.45, 7) is 7.20. The van der Waals surface area contributed by atoms with Gasteiger partial charge in [0.15, 0.2) is 0 Å². The van der Waals surface area contributed by atoms with Crippen molar-refractivity contribution < 1.29 is 4.79 Å². The standard InChI is InChI=1S/C20H24N2OS/c1-14(2)16-7-9-17(10-8-16)19-22(11-12-24-19)20(23)21-18-6-4-5-15(3)13-18/h4-10,13-14,19H,11-12H2,1-3H3,(H,21,23)/t19-/m0/s1. The molecule has 126 valence electrons. The van der Waals surface area contributed by atoms with Gasteiger partial charge in [-0.2, -0.15) is 0 Å². The van der Waals surface area contributed by atoms with Crippen molar-refractivity contribution in [3.8, 4) is 0 Å². The van der Waals surface area contributed by atoms with Gasteiger partial charge in [-0.05, 0) is 41.7 Å². The van der Waals surface area contributed by atoms with Crippen LogP contribution in [0.5, 0.6) is 0 Å². The van der Waals surface area contributed by atoms with Crippen molar-refractivity contribution in [3.05, 3.63) is 65.2 Å². The number of hydrogen-bond acceptors (Lipinski definition) is 2. The fraction of sp³-hybridized carbons (Fsp3) is 0.350. The summed E-state index contributed by atoms with van der Waals surface area (Å²) in [6, 6.07) is 16.6. The molecule has 1 heterocycles. The molecule has 1 atom stereocenters. The highest BCUT2D eigenvalue weighted by molar-refractivity contribution is 7.99. The van der Waals surface area contributed by atoms with Crippen LogP contribution in [0.2, 0.25) is 0 Å². The van der Waals surface area contributed by atoms with Crippen molar-refractivity contribution in [2.45, 2.75) is 32.1 Å². The van der Waals surface area contributed by atoms with E-state index in [4.69, 9.17) is 0 Å². The Hall–Kier alpha value is -1.94. The number of thioether (sulfide) groups is 1. The summed E-state index contributed by atoms with van der Waals surface area (Å²) in [5.74, 6) is 1.49. The molecule has 1 N–H and O–H groups in total. The van der Waals surface area contributed by atoms with Crippen LogP contribution in [0.15, 0.2) is 48.5 Å². The Morgan fingerprint density at radius 3 is 2.62 bits per heavy atom. The van der Waals surface area contributed by atoms with Gasteiger partial charge in [0.05, 0.1) is 0 Å². The van der Waals surface area contributed by atoms with E-state index in [2.05, 4.69) is 43.4 Å². The lowest BCUT2D eigenvalue weighted by atomic mass is 10.0. The first-order valence-corrected chi connectivity index (χ1v) is 9.45. The molecule has 1 saturated heterocycles. The molecular weight excluding hydrogens is 316 g/mol. The molecule has 0 unspecified atom stereocenters. The first kappa shape index (κ1) is 16.9. The molecule has 4 heteroatoms. The number of urea groups is 1. The molecule has 1 fully saturated rings. The summed E-state index contributed by atoms with van der Waals surface area (Å²) >= 11 is 1.82. The van der Waals surface area contributed by atoms with E-state index in [1.165, 1.54) is 11.1 Å². The number of anilines is 1. The maximum Gasteiger partial charge on any atom is 0.323 e. The zero-order chi connectivity index (χ0) is 17.1. The summed E-state index contributed by atoms with van der Waals surface area (Å²) in [5, 5.41) is 3.12. The highest BCUT2D eigenvalue weighted by atomic mass is 32.2. The molecule has 1 aliphatic heterocycles. The molecule has 2 amide bonds. The second-order valence-electron chi connectivity index (χ2n) is 6.54. The smallest absolute Gasteiger partial charge is 0.308 e. The fourth-order valence-corrected chi connectivity index (χ4v) is 4.17. The molecule has 2 aromatic rings. The number of nitrogens with zero attached hydrogens (tertiary/aromatic N) is 1. The Kier molecular flexibility index (Phi) is 5.14. The highest BCUT2D eigenvalue weighted by Crippen LogP contribution is 2.38. The van der Waals surface area contributed by atoms with Crippen LogP contribution in [0.4, 0.5) is 10.5 Å². The molecular formula is C20H24N2OS. The molecule has 0 radical (unpaired) electrons. The van der Waals surface area contributed by atoms with Gasteiger partial charge in [0.2, 0.25) is 0 Å². The monoisotopic (exact) mass is 340 g/mol. The Balaban J connectivity index is 1.73. The van der Waals surface area contributed by atoms with Crippen molar-refractivity contribution in [1.29, 1.82) is 0 Å². The first-order valence-electron chi connectivity index (χ1n) is 8.40. The summed E-state index contributed by atoms with van der Waals surface area (Å²) in [4.78, 5) is 14.6. The highest BCUT2D eigenvalue weighted by Gasteiger charge is 2.30. The van der Waals surface area contributed by atoms with Crippen molar-refractivity contribution in [1.82, 2.24) is 4.90 Å². The number of carbonyl (C=O) groups is 1. The van der Waals surface area contributed by atoms with Crippen LogP contribution in [-0.4, -0.2) is 23.2 Å². The summed E-state index contributed by atoms with van der Waals surface area (Å²) in [5.41, 5.74) is 4.52. The third-order valence-corrected chi connectivity index (χ3v) is 5.57. The molecule has 2 aromatic carbocycles. The van der Waals surface area contributed by atoms with Gasteiger partial charge in [-0.15, -0.1) is 11.8 Å². The van der Waals surface area contributed by atoms with Gasteiger partial charge in [-0.1, -0.05) is 50.2 Å². The predicted octanol–water partition coefficient (Wildman–Crippen LogP) is 5.40. The largest absolute Gasteiger partial charge is 0.323 e. The quantitative estimate of drug-likeness (QED) is 0.811. The average Bonchev–Trinajstić information content (AvgIpc) is 3.04. The van der Waals surface area contributed by atoms with Gasteiger partial charge < -0.3 is 10.2 Å². The minimum absolute atomic E-state index is 0.0245. The number of aryl methyl sites for hydroxylation is 1. The van der Waals surface area contributed by atoms with Gasteiger partial charge in [0.1, 0.15) is 5.37 Å². The predicted molar refractivity (Wildman–Crippen MR) is 103 cm³/mol. The fourth-order valence-electron chi connectivity index (χ4n) is 2.92. The van der Waals surface area contributed by atoms with Crippen LogP contribution in [0.25, 0.3) is 0 Å². The van der Waals surface area contributed by atoms with Crippen LogP contribution in [0.3, 0.4) is 0 Å². The molecule has 24 heavy (non-hydrogen) atoms. The normalized spacial score (nSPS) is 17.3. The van der Waals surface area contributed by atoms with Gasteiger partial charge in [-0.25, -0.2) is 4.79 Å². The zero-order valence-corrected chi connectivity index (χ0v) is 15.3. The summed E-state index contributed by atoms with van der Waals surface area (Å²) < 4.78 is 0. The SMILES string of the molecule is Cc1cccc(NC(=O)N2CCS[C@H]2c2ccc(C(C)C)cc2)c1. The molecule has 1 aliphatic rings. The molecule has 0 aromatic heterocycles. The second-order valence-corrected chi connectivity index (χ2v) is 7.73. The molecule has 3 nitrogen and oxygen atoms in total. The average molecular weight is 340 g/mol. The van der Waals surface area contributed by atoms with Crippen LogP contribution in [-0.2, 0) is 0 Å². The summed E-state index contributed by atoms with van der Waals surface area (Å²) in [6.07, 6.45) is 0. The third-order valence-electron chi connectivity index (χ3n) is 4.31. The minimum Gasteiger partial charge on any atom is -0.308 e. The van der Waals surface area contributed by atoms with E-state index < -0.39 is 0 Å². The zero-order valence-electron chi connectivity index (χ0n) is 14.5. The molecule has 0 spiro atoms. The Labute approximate surface area is 148 Å². The van der Waals surface area contributed by atoms with Crippen LogP contribution in [0, 0.1) is 6.92 Å². The maximum atomic E-state index is 12.7. The van der Waals surface area contributed by atoms with Crippen molar-refractivity contribution in [2.24, 2.45) is 0 Å². The lowest BCUT2D eigenvalue weighted by molar-refractivity contribution is 0.214. The van der Waals surface area contributed by atoms with Gasteiger partial charge in [-0.3, -0.25) is 0 Å². The minimum atomic E-state index is -0.0245. The first-order chi connectivity index (χ1) is 11.5. The van der Waals surface area contributed by atoms with Crippen LogP contribution in [0.1, 0.15) is 41.8 Å². The number of carbonyl (C=O) groups excluding carboxylic acids is 1. The number of benzene rings is 2. The Morgan fingerprint density at radius 1 is 1.21 bits per heavy atom. The summed E-state index contributed by atoms with van der Waals surface area (Å²) in [7, 11) is 0.